The Bertz CT molecular complexity index is 271. The Hall–Kier alpha value is -1.84. The van der Waals surface area contributed by atoms with Crippen LogP contribution in [-0.2, 0) is 0 Å². The topological polar surface area (TPSA) is 44.0 Å². The van der Waals surface area contributed by atoms with Gasteiger partial charge < -0.3 is 16.9 Å². The average Bonchev–Trinajstić information content (AvgIpc) is 2.24. The Balaban J connectivity index is 0.000000791. The number of hydrogen-bond acceptors (Lipinski definition) is 2. The largest absolute Gasteiger partial charge is 0.512 e. The lowest BCUT2D eigenvalue weighted by molar-refractivity contribution is 0.325. The number of phenols is 1. The standard InChI is InChI=1S/C6HF5O.CN/c7-1-2(8)4(10)6(12)5(11)3(1)9;1-2/h12H;/q;-1. The molecule has 0 heterocycles. The van der Waals surface area contributed by atoms with Crippen LogP contribution in [-0.4, -0.2) is 5.11 Å². The number of halogens is 5. The maximum Gasteiger partial charge on any atom is 0.206 e. The first-order chi connectivity index (χ1) is 6.46. The second kappa shape index (κ2) is 4.41. The molecule has 1 aromatic rings. The molecule has 0 amide bonds. The second-order valence-electron chi connectivity index (χ2n) is 1.92. The van der Waals surface area contributed by atoms with Crippen LogP contribution in [0.3, 0.4) is 0 Å². The molecule has 1 rings (SSSR count). The molecule has 76 valence electrons. The molecule has 0 unspecified atom stereocenters. The third-order valence-corrected chi connectivity index (χ3v) is 1.19. The lowest BCUT2D eigenvalue weighted by Crippen LogP contribution is -2.00. The van der Waals surface area contributed by atoms with Gasteiger partial charge >= 0.3 is 0 Å². The van der Waals surface area contributed by atoms with Crippen LogP contribution >= 0.6 is 0 Å². The molecular weight excluding hydrogens is 209 g/mol. The van der Waals surface area contributed by atoms with Crippen LogP contribution in [0.2, 0.25) is 0 Å². The van der Waals surface area contributed by atoms with E-state index >= 15 is 0 Å². The normalized spacial score (nSPS) is 9.07. The molecule has 14 heavy (non-hydrogen) atoms. The highest BCUT2D eigenvalue weighted by Gasteiger charge is 2.24. The molecule has 0 aliphatic heterocycles. The first-order valence-corrected chi connectivity index (χ1v) is 2.89. The summed E-state index contributed by atoms with van der Waals surface area (Å²) in [6.45, 7) is 4.75. The molecule has 0 fully saturated rings. The lowest BCUT2D eigenvalue weighted by Gasteiger charge is -2.00. The van der Waals surface area contributed by atoms with E-state index in [9.17, 15) is 22.0 Å². The van der Waals surface area contributed by atoms with Crippen molar-refractivity contribution in [3.05, 3.63) is 35.7 Å². The molecule has 0 saturated carbocycles. The van der Waals surface area contributed by atoms with Gasteiger partial charge in [-0.3, -0.25) is 0 Å². The molecule has 1 aromatic carbocycles. The zero-order valence-electron chi connectivity index (χ0n) is 6.28. The van der Waals surface area contributed by atoms with Gasteiger partial charge in [0.2, 0.25) is 29.1 Å². The van der Waals surface area contributed by atoms with Gasteiger partial charge in [-0.25, -0.2) is 13.2 Å². The van der Waals surface area contributed by atoms with Crippen molar-refractivity contribution < 1.29 is 27.1 Å². The summed E-state index contributed by atoms with van der Waals surface area (Å²) in [5.74, 6) is -12.9. The van der Waals surface area contributed by atoms with Crippen molar-refractivity contribution in [1.29, 1.82) is 5.26 Å². The number of rotatable bonds is 0. The van der Waals surface area contributed by atoms with Crippen molar-refractivity contribution in [2.24, 2.45) is 0 Å². The summed E-state index contributed by atoms with van der Waals surface area (Å²) in [7, 11) is 0. The van der Waals surface area contributed by atoms with Gasteiger partial charge in [0.05, 0.1) is 0 Å². The molecule has 0 spiro atoms. The molecule has 0 radical (unpaired) electrons. The van der Waals surface area contributed by atoms with Crippen molar-refractivity contribution in [3.8, 4) is 5.75 Å². The van der Waals surface area contributed by atoms with Crippen molar-refractivity contribution in [2.75, 3.05) is 0 Å². The fourth-order valence-corrected chi connectivity index (χ4v) is 0.593. The molecule has 0 aliphatic rings. The predicted molar refractivity (Wildman–Crippen MR) is 32.9 cm³/mol. The third-order valence-electron chi connectivity index (χ3n) is 1.19. The van der Waals surface area contributed by atoms with Gasteiger partial charge in [-0.2, -0.15) is 8.78 Å². The molecule has 0 saturated heterocycles. The highest BCUT2D eigenvalue weighted by atomic mass is 19.2. The molecule has 2 nitrogen and oxygen atoms in total. The van der Waals surface area contributed by atoms with E-state index < -0.39 is 34.8 Å². The zero-order valence-corrected chi connectivity index (χ0v) is 6.28. The number of benzene rings is 1. The van der Waals surface area contributed by atoms with Crippen molar-refractivity contribution in [1.82, 2.24) is 0 Å². The maximum atomic E-state index is 12.2. The lowest BCUT2D eigenvalue weighted by atomic mass is 10.3. The zero-order chi connectivity index (χ0) is 11.5. The average molecular weight is 210 g/mol. The number of nitrogens with zero attached hydrogens (tertiary/aromatic N) is 1. The van der Waals surface area contributed by atoms with E-state index in [1.807, 2.05) is 0 Å². The number of phenolic OH excluding ortho intramolecular Hbond substituents is 1. The highest BCUT2D eigenvalue weighted by Crippen LogP contribution is 2.27. The van der Waals surface area contributed by atoms with Gasteiger partial charge in [0.1, 0.15) is 0 Å². The fraction of sp³-hybridized carbons (Fsp3) is 0. The van der Waals surface area contributed by atoms with E-state index in [1.54, 1.807) is 0 Å². The summed E-state index contributed by atoms with van der Waals surface area (Å²) >= 11 is 0. The quantitative estimate of drug-likeness (QED) is 0.308. The van der Waals surface area contributed by atoms with E-state index in [1.165, 1.54) is 0 Å². The van der Waals surface area contributed by atoms with Crippen molar-refractivity contribution in [2.45, 2.75) is 0 Å². The first-order valence-electron chi connectivity index (χ1n) is 2.89. The summed E-state index contributed by atoms with van der Waals surface area (Å²) in [4.78, 5) is 0. The van der Waals surface area contributed by atoms with Crippen LogP contribution < -0.4 is 0 Å². The maximum absolute atomic E-state index is 12.2. The number of hydrogen-bond donors (Lipinski definition) is 1. The molecular formula is C7HF5NO-. The Morgan fingerprint density at radius 1 is 0.714 bits per heavy atom. The molecule has 7 heteroatoms. The first kappa shape index (κ1) is 12.2. The van der Waals surface area contributed by atoms with Crippen LogP contribution in [0.1, 0.15) is 0 Å². The van der Waals surface area contributed by atoms with E-state index in [4.69, 9.17) is 16.9 Å². The van der Waals surface area contributed by atoms with E-state index in [0.717, 1.165) is 0 Å². The number of aromatic hydroxyl groups is 1. The predicted octanol–water partition coefficient (Wildman–Crippen LogP) is 2.18. The Morgan fingerprint density at radius 3 is 1.21 bits per heavy atom. The SMILES string of the molecule is Oc1c(F)c(F)c(F)c(F)c1F.[C-]#N. The smallest absolute Gasteiger partial charge is 0.206 e. The summed E-state index contributed by atoms with van der Waals surface area (Å²) in [5, 5.41) is 14.5. The fourth-order valence-electron chi connectivity index (χ4n) is 0.593. The van der Waals surface area contributed by atoms with E-state index in [-0.39, 0.29) is 0 Å². The third kappa shape index (κ3) is 1.74. The Morgan fingerprint density at radius 2 is 0.929 bits per heavy atom. The molecule has 0 aromatic heterocycles. The van der Waals surface area contributed by atoms with Gasteiger partial charge in [0.25, 0.3) is 0 Å². The molecule has 1 N–H and O–H groups in total. The molecule has 0 aliphatic carbocycles. The summed E-state index contributed by atoms with van der Waals surface area (Å²) in [6, 6.07) is 0. The Kier molecular flexibility index (Phi) is 3.83. The van der Waals surface area contributed by atoms with Crippen LogP contribution in [0.25, 0.3) is 0 Å². The van der Waals surface area contributed by atoms with Gasteiger partial charge in [-0.15, -0.1) is 0 Å². The van der Waals surface area contributed by atoms with E-state index in [0.29, 0.717) is 0 Å². The van der Waals surface area contributed by atoms with Crippen LogP contribution in [0.4, 0.5) is 22.0 Å². The van der Waals surface area contributed by atoms with Gasteiger partial charge in [-0.05, 0) is 0 Å². The van der Waals surface area contributed by atoms with Gasteiger partial charge in [0, 0.05) is 0 Å². The molecule has 0 atom stereocenters. The van der Waals surface area contributed by atoms with E-state index in [2.05, 4.69) is 0 Å². The van der Waals surface area contributed by atoms with Crippen LogP contribution in [0.15, 0.2) is 0 Å². The van der Waals surface area contributed by atoms with Crippen LogP contribution in [0, 0.1) is 40.9 Å². The molecule has 0 bridgehead atoms. The monoisotopic (exact) mass is 210 g/mol. The van der Waals surface area contributed by atoms with Crippen LogP contribution in [0.5, 0.6) is 5.75 Å². The summed E-state index contributed by atoms with van der Waals surface area (Å²) < 4.78 is 60.6. The minimum Gasteiger partial charge on any atom is -0.512 e. The highest BCUT2D eigenvalue weighted by molar-refractivity contribution is 5.27. The van der Waals surface area contributed by atoms with Gasteiger partial charge in [0.15, 0.2) is 5.75 Å². The Labute approximate surface area is 74.8 Å². The minimum atomic E-state index is -2.29. The summed E-state index contributed by atoms with van der Waals surface area (Å²) in [6.07, 6.45) is 0. The van der Waals surface area contributed by atoms with Gasteiger partial charge in [-0.1, -0.05) is 0 Å². The van der Waals surface area contributed by atoms with Crippen molar-refractivity contribution in [3.63, 3.8) is 0 Å². The second-order valence-corrected chi connectivity index (χ2v) is 1.92. The van der Waals surface area contributed by atoms with Crippen molar-refractivity contribution >= 4 is 0 Å². The summed E-state index contributed by atoms with van der Waals surface area (Å²) in [5.41, 5.74) is 0. The minimum absolute atomic E-state index is 1.87.